The van der Waals surface area contributed by atoms with Gasteiger partial charge in [-0.15, -0.1) is 0 Å². The lowest BCUT2D eigenvalue weighted by atomic mass is 9.95. The van der Waals surface area contributed by atoms with Crippen molar-refractivity contribution < 1.29 is 14.5 Å². The number of non-ortho nitro benzene ring substituents is 1. The molecule has 0 radical (unpaired) electrons. The van der Waals surface area contributed by atoms with Gasteiger partial charge in [0.2, 0.25) is 5.78 Å². The number of halogens is 1. The zero-order chi connectivity index (χ0) is 19.7. The Kier molecular flexibility index (Phi) is 4.88. The molecular formula is C19H12BrN3O4. The maximum absolute atomic E-state index is 12.9. The molecule has 1 heterocycles. The number of carbonyl (C=O) groups excluding carboxylic acids is 2. The third-order valence-corrected chi connectivity index (χ3v) is 4.70. The highest BCUT2D eigenvalue weighted by Gasteiger charge is 2.36. The first-order valence-corrected chi connectivity index (χ1v) is 8.73. The van der Waals surface area contributed by atoms with Gasteiger partial charge in [-0.25, -0.2) is 0 Å². The molecule has 0 aromatic heterocycles. The molecule has 1 aliphatic heterocycles. The van der Waals surface area contributed by atoms with E-state index < -0.39 is 16.6 Å². The SMILES string of the molecule is CCN1C(=O)/C(=C(/C#N)C(=O)c2cccc([N+](=O)[O-])c2)c2cc(Br)ccc21. The lowest BCUT2D eigenvalue weighted by molar-refractivity contribution is -0.384. The smallest absolute Gasteiger partial charge is 0.270 e. The van der Waals surface area contributed by atoms with Gasteiger partial charge >= 0.3 is 0 Å². The van der Waals surface area contributed by atoms with E-state index >= 15 is 0 Å². The number of amides is 1. The van der Waals surface area contributed by atoms with Crippen molar-refractivity contribution in [3.05, 3.63) is 73.8 Å². The molecule has 2 aromatic rings. The molecule has 0 fully saturated rings. The second-order valence-corrected chi connectivity index (χ2v) is 6.62. The van der Waals surface area contributed by atoms with E-state index in [4.69, 9.17) is 0 Å². The van der Waals surface area contributed by atoms with E-state index in [1.807, 2.05) is 6.07 Å². The van der Waals surface area contributed by atoms with Crippen molar-refractivity contribution in [3.63, 3.8) is 0 Å². The Balaban J connectivity index is 2.21. The fraction of sp³-hybridized carbons (Fsp3) is 0.105. The van der Waals surface area contributed by atoms with Crippen molar-refractivity contribution in [2.45, 2.75) is 6.92 Å². The largest absolute Gasteiger partial charge is 0.308 e. The van der Waals surface area contributed by atoms with Crippen LogP contribution in [0.15, 0.2) is 52.5 Å². The Hall–Kier alpha value is -3.31. The summed E-state index contributed by atoms with van der Waals surface area (Å²) >= 11 is 3.34. The predicted molar refractivity (Wildman–Crippen MR) is 102 cm³/mol. The summed E-state index contributed by atoms with van der Waals surface area (Å²) in [6.07, 6.45) is 0. The van der Waals surface area contributed by atoms with E-state index in [-0.39, 0.29) is 22.4 Å². The third-order valence-electron chi connectivity index (χ3n) is 4.20. The van der Waals surface area contributed by atoms with Gasteiger partial charge in [0.1, 0.15) is 11.6 Å². The van der Waals surface area contributed by atoms with E-state index in [0.29, 0.717) is 22.3 Å². The van der Waals surface area contributed by atoms with Crippen LogP contribution in [0.25, 0.3) is 5.57 Å². The summed E-state index contributed by atoms with van der Waals surface area (Å²) in [5.74, 6) is -1.17. The summed E-state index contributed by atoms with van der Waals surface area (Å²) in [4.78, 5) is 37.6. The van der Waals surface area contributed by atoms with Gasteiger partial charge in [-0.05, 0) is 25.1 Å². The minimum absolute atomic E-state index is 0.00663. The Labute approximate surface area is 162 Å². The summed E-state index contributed by atoms with van der Waals surface area (Å²) in [5, 5.41) is 20.6. The number of nitrogens with zero attached hydrogens (tertiary/aromatic N) is 3. The number of rotatable bonds is 4. The molecule has 0 unspecified atom stereocenters. The molecule has 8 heteroatoms. The van der Waals surface area contributed by atoms with Crippen LogP contribution in [0.3, 0.4) is 0 Å². The minimum atomic E-state index is -0.728. The van der Waals surface area contributed by atoms with Crippen molar-refractivity contribution in [2.75, 3.05) is 11.4 Å². The van der Waals surface area contributed by atoms with Crippen LogP contribution >= 0.6 is 15.9 Å². The van der Waals surface area contributed by atoms with Gasteiger partial charge in [0, 0.05) is 34.3 Å². The quantitative estimate of drug-likeness (QED) is 0.243. The zero-order valence-electron chi connectivity index (χ0n) is 14.1. The number of nitro benzene ring substituents is 1. The number of benzene rings is 2. The number of ketones is 1. The molecule has 1 amide bonds. The molecule has 0 N–H and O–H groups in total. The highest BCUT2D eigenvalue weighted by atomic mass is 79.9. The lowest BCUT2D eigenvalue weighted by Crippen LogP contribution is -2.26. The second kappa shape index (κ2) is 7.13. The van der Waals surface area contributed by atoms with Crippen LogP contribution in [0.2, 0.25) is 0 Å². The van der Waals surface area contributed by atoms with E-state index in [1.165, 1.54) is 23.1 Å². The molecule has 0 saturated carbocycles. The number of fused-ring (bicyclic) bond motifs is 1. The molecule has 7 nitrogen and oxygen atoms in total. The lowest BCUT2D eigenvalue weighted by Gasteiger charge is -2.13. The van der Waals surface area contributed by atoms with Gasteiger partial charge in [0.25, 0.3) is 11.6 Å². The minimum Gasteiger partial charge on any atom is -0.308 e. The Bertz CT molecular complexity index is 1070. The third kappa shape index (κ3) is 3.13. The van der Waals surface area contributed by atoms with Crippen LogP contribution < -0.4 is 4.90 Å². The normalized spacial score (nSPS) is 14.6. The van der Waals surface area contributed by atoms with Crippen LogP contribution in [0.4, 0.5) is 11.4 Å². The van der Waals surface area contributed by atoms with Crippen molar-refractivity contribution in [1.29, 1.82) is 5.26 Å². The topological polar surface area (TPSA) is 104 Å². The average Bonchev–Trinajstić information content (AvgIpc) is 2.93. The van der Waals surface area contributed by atoms with Crippen LogP contribution in [-0.4, -0.2) is 23.2 Å². The Morgan fingerprint density at radius 2 is 2.04 bits per heavy atom. The number of Topliss-reactive ketones (excluding diaryl/α,β-unsaturated/α-hetero) is 1. The van der Waals surface area contributed by atoms with Gasteiger partial charge in [-0.1, -0.05) is 28.1 Å². The number of allylic oxidation sites excluding steroid dienone is 1. The molecule has 2 aromatic carbocycles. The van der Waals surface area contributed by atoms with E-state index in [1.54, 1.807) is 25.1 Å². The van der Waals surface area contributed by atoms with Gasteiger partial charge in [0.15, 0.2) is 0 Å². The average molecular weight is 426 g/mol. The summed E-state index contributed by atoms with van der Waals surface area (Å²) in [5.41, 5.74) is 0.474. The van der Waals surface area contributed by atoms with Crippen LogP contribution in [0.1, 0.15) is 22.8 Å². The van der Waals surface area contributed by atoms with Crippen LogP contribution in [-0.2, 0) is 4.79 Å². The van der Waals surface area contributed by atoms with Crippen LogP contribution in [0, 0.1) is 21.4 Å². The molecule has 0 saturated heterocycles. The molecule has 1 aliphatic rings. The van der Waals surface area contributed by atoms with Gasteiger partial charge in [0.05, 0.1) is 16.2 Å². The zero-order valence-corrected chi connectivity index (χ0v) is 15.7. The Morgan fingerprint density at radius 3 is 2.67 bits per heavy atom. The number of likely N-dealkylation sites (N-methyl/N-ethyl adjacent to an activating group) is 1. The summed E-state index contributed by atoms with van der Waals surface area (Å²) in [6.45, 7) is 2.17. The molecule has 0 bridgehead atoms. The van der Waals surface area contributed by atoms with Gasteiger partial charge in [-0.2, -0.15) is 5.26 Å². The summed E-state index contributed by atoms with van der Waals surface area (Å²) < 4.78 is 0.699. The number of hydrogen-bond donors (Lipinski definition) is 0. The molecule has 27 heavy (non-hydrogen) atoms. The van der Waals surface area contributed by atoms with E-state index in [9.17, 15) is 25.0 Å². The number of anilines is 1. The molecule has 0 spiro atoms. The number of carbonyl (C=O) groups is 2. The van der Waals surface area contributed by atoms with Crippen molar-refractivity contribution in [2.24, 2.45) is 0 Å². The fourth-order valence-corrected chi connectivity index (χ4v) is 3.35. The van der Waals surface area contributed by atoms with Gasteiger partial charge in [-0.3, -0.25) is 19.7 Å². The molecule has 3 rings (SSSR count). The maximum atomic E-state index is 12.9. The molecule has 0 atom stereocenters. The molecule has 0 aliphatic carbocycles. The number of nitro groups is 1. The summed E-state index contributed by atoms with van der Waals surface area (Å²) in [6, 6.07) is 12.1. The monoisotopic (exact) mass is 425 g/mol. The molecule has 134 valence electrons. The second-order valence-electron chi connectivity index (χ2n) is 5.71. The van der Waals surface area contributed by atoms with E-state index in [0.717, 1.165) is 6.07 Å². The van der Waals surface area contributed by atoms with Crippen molar-refractivity contribution >= 4 is 44.6 Å². The first kappa shape index (κ1) is 18.5. The van der Waals surface area contributed by atoms with Crippen molar-refractivity contribution in [1.82, 2.24) is 0 Å². The Morgan fingerprint density at radius 1 is 1.30 bits per heavy atom. The maximum Gasteiger partial charge on any atom is 0.270 e. The van der Waals surface area contributed by atoms with E-state index in [2.05, 4.69) is 15.9 Å². The highest BCUT2D eigenvalue weighted by Crippen LogP contribution is 2.40. The van der Waals surface area contributed by atoms with Crippen LogP contribution in [0.5, 0.6) is 0 Å². The van der Waals surface area contributed by atoms with Gasteiger partial charge < -0.3 is 4.90 Å². The molecular weight excluding hydrogens is 414 g/mol. The first-order chi connectivity index (χ1) is 12.9. The van der Waals surface area contributed by atoms with Crippen molar-refractivity contribution in [3.8, 4) is 6.07 Å². The highest BCUT2D eigenvalue weighted by molar-refractivity contribution is 9.10. The predicted octanol–water partition coefficient (Wildman–Crippen LogP) is 3.88. The fourth-order valence-electron chi connectivity index (χ4n) is 2.98. The summed E-state index contributed by atoms with van der Waals surface area (Å²) in [7, 11) is 0. The standard InChI is InChI=1S/C19H12BrN3O4/c1-2-22-16-7-6-12(20)9-14(16)17(19(22)25)15(10-21)18(24)11-4-3-5-13(8-11)23(26)27/h3-9H,2H2,1H3/b17-15-. The number of hydrogen-bond acceptors (Lipinski definition) is 5. The number of nitriles is 1. The first-order valence-electron chi connectivity index (χ1n) is 7.94.